The van der Waals surface area contributed by atoms with Gasteiger partial charge < -0.3 is 4.90 Å². The molecular weight excluding hydrogens is 372 g/mol. The predicted molar refractivity (Wildman–Crippen MR) is 112 cm³/mol. The average Bonchev–Trinajstić information content (AvgIpc) is 2.97. The van der Waals surface area contributed by atoms with Crippen LogP contribution in [0.4, 0.5) is 5.69 Å². The van der Waals surface area contributed by atoms with Crippen molar-refractivity contribution in [3.63, 3.8) is 0 Å². The summed E-state index contributed by atoms with van der Waals surface area (Å²) in [5.74, 6) is -0.138. The van der Waals surface area contributed by atoms with E-state index >= 15 is 0 Å². The second kappa shape index (κ2) is 8.78. The molecule has 5 nitrogen and oxygen atoms in total. The summed E-state index contributed by atoms with van der Waals surface area (Å²) in [6.45, 7) is 5.07. The number of aryl methyl sites for hydroxylation is 2. The summed E-state index contributed by atoms with van der Waals surface area (Å²) in [7, 11) is -3.85. The molecule has 0 aromatic heterocycles. The molecule has 1 aliphatic heterocycles. The summed E-state index contributed by atoms with van der Waals surface area (Å²) in [6, 6.07) is 13.9. The summed E-state index contributed by atoms with van der Waals surface area (Å²) < 4.78 is 28.1. The number of rotatable bonds is 5. The van der Waals surface area contributed by atoms with Crippen LogP contribution in [0.1, 0.15) is 36.8 Å². The van der Waals surface area contributed by atoms with Gasteiger partial charge in [0.05, 0.1) is 10.6 Å². The van der Waals surface area contributed by atoms with Crippen molar-refractivity contribution in [2.75, 3.05) is 23.9 Å². The zero-order valence-electron chi connectivity index (χ0n) is 16.6. The maximum absolute atomic E-state index is 13.4. The highest BCUT2D eigenvalue weighted by Gasteiger charge is 2.30. The summed E-state index contributed by atoms with van der Waals surface area (Å²) in [6.07, 6.45) is 4.18. The van der Waals surface area contributed by atoms with Gasteiger partial charge in [-0.05, 0) is 50.5 Å². The van der Waals surface area contributed by atoms with Crippen molar-refractivity contribution in [2.24, 2.45) is 0 Å². The molecule has 1 amide bonds. The van der Waals surface area contributed by atoms with E-state index in [1.807, 2.05) is 30.9 Å². The maximum Gasteiger partial charge on any atom is 0.264 e. The third-order valence-electron chi connectivity index (χ3n) is 5.19. The zero-order chi connectivity index (χ0) is 20.1. The molecular formula is C22H28N2O3S. The number of amides is 1. The highest BCUT2D eigenvalue weighted by atomic mass is 32.2. The Labute approximate surface area is 168 Å². The lowest BCUT2D eigenvalue weighted by atomic mass is 10.1. The van der Waals surface area contributed by atoms with Crippen LogP contribution in [0.5, 0.6) is 0 Å². The smallest absolute Gasteiger partial charge is 0.264 e. The Morgan fingerprint density at radius 3 is 2.21 bits per heavy atom. The van der Waals surface area contributed by atoms with Gasteiger partial charge in [0.25, 0.3) is 10.0 Å². The van der Waals surface area contributed by atoms with Crippen LogP contribution in [0.3, 0.4) is 0 Å². The quantitative estimate of drug-likeness (QED) is 0.765. The Morgan fingerprint density at radius 1 is 0.964 bits per heavy atom. The van der Waals surface area contributed by atoms with E-state index in [1.165, 1.54) is 4.31 Å². The van der Waals surface area contributed by atoms with E-state index in [0.717, 1.165) is 36.8 Å². The number of benzene rings is 2. The van der Waals surface area contributed by atoms with Crippen LogP contribution in [-0.2, 0) is 14.8 Å². The van der Waals surface area contributed by atoms with Crippen LogP contribution in [0.25, 0.3) is 0 Å². The number of nitrogens with zero attached hydrogens (tertiary/aromatic N) is 2. The molecule has 28 heavy (non-hydrogen) atoms. The molecule has 1 heterocycles. The number of likely N-dealkylation sites (tertiary alicyclic amines) is 1. The van der Waals surface area contributed by atoms with Crippen molar-refractivity contribution in [1.29, 1.82) is 0 Å². The summed E-state index contributed by atoms with van der Waals surface area (Å²) in [4.78, 5) is 15.0. The molecule has 0 saturated carbocycles. The van der Waals surface area contributed by atoms with E-state index in [2.05, 4.69) is 0 Å². The standard InChI is InChI=1S/C22H28N2O3S/c1-18-12-13-21(19(2)16-18)24(28(26,27)20-10-6-5-7-11-20)17-22(25)23-14-8-3-4-9-15-23/h5-7,10-13,16H,3-4,8-9,14-15,17H2,1-2H3. The minimum absolute atomic E-state index is 0.138. The minimum atomic E-state index is -3.85. The van der Waals surface area contributed by atoms with Crippen molar-refractivity contribution < 1.29 is 13.2 Å². The molecule has 1 saturated heterocycles. The molecule has 150 valence electrons. The first-order chi connectivity index (χ1) is 13.4. The van der Waals surface area contributed by atoms with Crippen LogP contribution in [0, 0.1) is 13.8 Å². The molecule has 0 spiro atoms. The highest BCUT2D eigenvalue weighted by Crippen LogP contribution is 2.28. The van der Waals surface area contributed by atoms with Gasteiger partial charge in [-0.25, -0.2) is 8.42 Å². The lowest BCUT2D eigenvalue weighted by molar-refractivity contribution is -0.129. The second-order valence-electron chi connectivity index (χ2n) is 7.41. The molecule has 0 atom stereocenters. The number of anilines is 1. The van der Waals surface area contributed by atoms with Crippen LogP contribution >= 0.6 is 0 Å². The van der Waals surface area contributed by atoms with Gasteiger partial charge in [-0.2, -0.15) is 0 Å². The Kier molecular flexibility index (Phi) is 6.39. The molecule has 3 rings (SSSR count). The van der Waals surface area contributed by atoms with Crippen molar-refractivity contribution in [3.8, 4) is 0 Å². The van der Waals surface area contributed by atoms with Crippen molar-refractivity contribution in [2.45, 2.75) is 44.4 Å². The van der Waals surface area contributed by atoms with E-state index in [4.69, 9.17) is 0 Å². The SMILES string of the molecule is Cc1ccc(N(CC(=O)N2CCCCCC2)S(=O)(=O)c2ccccc2)c(C)c1. The first-order valence-electron chi connectivity index (χ1n) is 9.82. The lowest BCUT2D eigenvalue weighted by Gasteiger charge is -2.29. The largest absolute Gasteiger partial charge is 0.341 e. The van der Waals surface area contributed by atoms with Crippen molar-refractivity contribution >= 4 is 21.6 Å². The van der Waals surface area contributed by atoms with Crippen LogP contribution in [-0.4, -0.2) is 38.9 Å². The molecule has 2 aromatic carbocycles. The number of hydrogen-bond donors (Lipinski definition) is 0. The van der Waals surface area contributed by atoms with Gasteiger partial charge >= 0.3 is 0 Å². The molecule has 1 fully saturated rings. The Morgan fingerprint density at radius 2 is 1.61 bits per heavy atom. The first kappa shape index (κ1) is 20.4. The van der Waals surface area contributed by atoms with Gasteiger partial charge in [0.15, 0.2) is 0 Å². The first-order valence-corrected chi connectivity index (χ1v) is 11.3. The van der Waals surface area contributed by atoms with Gasteiger partial charge in [-0.3, -0.25) is 9.10 Å². The Hall–Kier alpha value is -2.34. The van der Waals surface area contributed by atoms with Crippen LogP contribution in [0.2, 0.25) is 0 Å². The second-order valence-corrected chi connectivity index (χ2v) is 9.27. The van der Waals surface area contributed by atoms with Crippen LogP contribution < -0.4 is 4.31 Å². The fourth-order valence-electron chi connectivity index (χ4n) is 3.65. The predicted octanol–water partition coefficient (Wildman–Crippen LogP) is 3.90. The van der Waals surface area contributed by atoms with E-state index in [1.54, 1.807) is 36.4 Å². The number of carbonyl (C=O) groups excluding carboxylic acids is 1. The van der Waals surface area contributed by atoms with Gasteiger partial charge in [0, 0.05) is 13.1 Å². The summed E-state index contributed by atoms with van der Waals surface area (Å²) in [5.41, 5.74) is 2.44. The summed E-state index contributed by atoms with van der Waals surface area (Å²) in [5, 5.41) is 0. The number of hydrogen-bond acceptors (Lipinski definition) is 3. The van der Waals surface area contributed by atoms with E-state index in [-0.39, 0.29) is 17.3 Å². The fraction of sp³-hybridized carbons (Fsp3) is 0.409. The third kappa shape index (κ3) is 4.55. The van der Waals surface area contributed by atoms with Gasteiger partial charge in [0.1, 0.15) is 6.54 Å². The maximum atomic E-state index is 13.4. The topological polar surface area (TPSA) is 57.7 Å². The molecule has 0 bridgehead atoms. The average molecular weight is 401 g/mol. The zero-order valence-corrected chi connectivity index (χ0v) is 17.4. The van der Waals surface area contributed by atoms with E-state index in [9.17, 15) is 13.2 Å². The number of carbonyl (C=O) groups is 1. The number of sulfonamides is 1. The fourth-order valence-corrected chi connectivity index (χ4v) is 5.15. The Balaban J connectivity index is 1.98. The van der Waals surface area contributed by atoms with E-state index < -0.39 is 10.0 Å². The molecule has 0 unspecified atom stereocenters. The molecule has 0 aliphatic carbocycles. The van der Waals surface area contributed by atoms with Gasteiger partial charge in [-0.1, -0.05) is 48.7 Å². The highest BCUT2D eigenvalue weighted by molar-refractivity contribution is 7.92. The minimum Gasteiger partial charge on any atom is -0.341 e. The van der Waals surface area contributed by atoms with Crippen molar-refractivity contribution in [1.82, 2.24) is 4.90 Å². The molecule has 6 heteroatoms. The third-order valence-corrected chi connectivity index (χ3v) is 6.96. The van der Waals surface area contributed by atoms with Crippen molar-refractivity contribution in [3.05, 3.63) is 59.7 Å². The monoisotopic (exact) mass is 400 g/mol. The molecule has 0 N–H and O–H groups in total. The normalized spacial score (nSPS) is 15.1. The van der Waals surface area contributed by atoms with Gasteiger partial charge in [0.2, 0.25) is 5.91 Å². The molecule has 2 aromatic rings. The molecule has 1 aliphatic rings. The Bertz CT molecular complexity index is 918. The van der Waals surface area contributed by atoms with Crippen LogP contribution in [0.15, 0.2) is 53.4 Å². The lowest BCUT2D eigenvalue weighted by Crippen LogP contribution is -2.43. The van der Waals surface area contributed by atoms with Gasteiger partial charge in [-0.15, -0.1) is 0 Å². The van der Waals surface area contributed by atoms with E-state index in [0.29, 0.717) is 18.8 Å². The molecule has 0 radical (unpaired) electrons. The summed E-state index contributed by atoms with van der Waals surface area (Å²) >= 11 is 0.